The molecule has 1 fully saturated rings. The monoisotopic (exact) mass is 264 g/mol. The molecule has 5 heteroatoms. The van der Waals surface area contributed by atoms with Crippen LogP contribution in [0.3, 0.4) is 0 Å². The molecule has 1 amide bonds. The van der Waals surface area contributed by atoms with E-state index in [-0.39, 0.29) is 11.3 Å². The smallest absolute Gasteiger partial charge is 0.231 e. The topological polar surface area (TPSA) is 59.6 Å². The molecule has 0 aromatic heterocycles. The highest BCUT2D eigenvalue weighted by Crippen LogP contribution is 2.46. The van der Waals surface area contributed by atoms with Crippen molar-refractivity contribution >= 4 is 11.6 Å². The second kappa shape index (κ2) is 5.48. The highest BCUT2D eigenvalue weighted by Gasteiger charge is 2.49. The fourth-order valence-electron chi connectivity index (χ4n) is 2.15. The van der Waals surface area contributed by atoms with E-state index in [2.05, 4.69) is 10.6 Å². The lowest BCUT2D eigenvalue weighted by Gasteiger charge is -2.15. The molecule has 0 unspecified atom stereocenters. The van der Waals surface area contributed by atoms with Gasteiger partial charge in [-0.25, -0.2) is 0 Å². The number of anilines is 1. The van der Waals surface area contributed by atoms with Gasteiger partial charge in [-0.2, -0.15) is 0 Å². The number of hydrogen-bond donors (Lipinski definition) is 2. The van der Waals surface area contributed by atoms with Gasteiger partial charge < -0.3 is 20.1 Å². The highest BCUT2D eigenvalue weighted by molar-refractivity contribution is 5.97. The molecule has 1 aromatic carbocycles. The number of methoxy groups -OCH3 is 2. The Kier molecular flexibility index (Phi) is 3.95. The zero-order chi connectivity index (χ0) is 13.9. The average Bonchev–Trinajstić information content (AvgIpc) is 3.20. The van der Waals surface area contributed by atoms with Gasteiger partial charge in [-0.3, -0.25) is 4.79 Å². The van der Waals surface area contributed by atoms with Gasteiger partial charge in [-0.05, 0) is 32.0 Å². The molecule has 1 aliphatic rings. The summed E-state index contributed by atoms with van der Waals surface area (Å²) in [6.07, 6.45) is 1.87. The lowest BCUT2D eigenvalue weighted by Crippen LogP contribution is -2.32. The van der Waals surface area contributed by atoms with Crippen LogP contribution in [0.2, 0.25) is 0 Å². The lowest BCUT2D eigenvalue weighted by molar-refractivity contribution is -0.120. The minimum Gasteiger partial charge on any atom is -0.493 e. The van der Waals surface area contributed by atoms with E-state index in [0.29, 0.717) is 18.0 Å². The Morgan fingerprint density at radius 2 is 1.95 bits per heavy atom. The summed E-state index contributed by atoms with van der Waals surface area (Å²) < 4.78 is 10.4. The SMILES string of the molecule is CNCC1(C(=O)Nc2ccc(OC)c(OC)c2)CC1. The van der Waals surface area contributed by atoms with Crippen LogP contribution in [0.5, 0.6) is 11.5 Å². The Labute approximate surface area is 113 Å². The number of rotatable bonds is 6. The molecular weight excluding hydrogens is 244 g/mol. The number of hydrogen-bond acceptors (Lipinski definition) is 4. The molecule has 0 radical (unpaired) electrons. The fourth-order valence-corrected chi connectivity index (χ4v) is 2.15. The van der Waals surface area contributed by atoms with Crippen LogP contribution in [0.15, 0.2) is 18.2 Å². The summed E-state index contributed by atoms with van der Waals surface area (Å²) in [6.45, 7) is 0.714. The van der Waals surface area contributed by atoms with Gasteiger partial charge in [-0.1, -0.05) is 0 Å². The Morgan fingerprint density at radius 3 is 2.47 bits per heavy atom. The second-order valence-corrected chi connectivity index (χ2v) is 4.83. The van der Waals surface area contributed by atoms with E-state index >= 15 is 0 Å². The summed E-state index contributed by atoms with van der Waals surface area (Å²) in [5, 5.41) is 6.01. The van der Waals surface area contributed by atoms with Crippen LogP contribution in [0.4, 0.5) is 5.69 Å². The first-order valence-electron chi connectivity index (χ1n) is 6.33. The van der Waals surface area contributed by atoms with Crippen molar-refractivity contribution < 1.29 is 14.3 Å². The summed E-state index contributed by atoms with van der Waals surface area (Å²) in [5.41, 5.74) is 0.493. The zero-order valence-corrected chi connectivity index (χ0v) is 11.6. The van der Waals surface area contributed by atoms with Gasteiger partial charge in [0.05, 0.1) is 19.6 Å². The number of amides is 1. The number of carbonyl (C=O) groups excluding carboxylic acids is 1. The summed E-state index contributed by atoms with van der Waals surface area (Å²) in [5.74, 6) is 1.32. The molecule has 0 bridgehead atoms. The van der Waals surface area contributed by atoms with Crippen molar-refractivity contribution in [3.63, 3.8) is 0 Å². The molecular formula is C14H20N2O3. The molecule has 1 saturated carbocycles. The summed E-state index contributed by atoms with van der Waals surface area (Å²) >= 11 is 0. The van der Waals surface area contributed by atoms with Gasteiger partial charge in [0.15, 0.2) is 11.5 Å². The zero-order valence-electron chi connectivity index (χ0n) is 11.6. The van der Waals surface area contributed by atoms with Crippen LogP contribution in [-0.4, -0.2) is 33.7 Å². The van der Waals surface area contributed by atoms with Crippen LogP contribution < -0.4 is 20.1 Å². The van der Waals surface area contributed by atoms with Gasteiger partial charge in [-0.15, -0.1) is 0 Å². The van der Waals surface area contributed by atoms with Gasteiger partial charge in [0.2, 0.25) is 5.91 Å². The number of ether oxygens (including phenoxy) is 2. The van der Waals surface area contributed by atoms with Crippen LogP contribution in [0, 0.1) is 5.41 Å². The largest absolute Gasteiger partial charge is 0.493 e. The summed E-state index contributed by atoms with van der Waals surface area (Å²) in [6, 6.07) is 5.37. The first kappa shape index (κ1) is 13.7. The first-order valence-corrected chi connectivity index (χ1v) is 6.33. The van der Waals surface area contributed by atoms with Crippen molar-refractivity contribution in [1.29, 1.82) is 0 Å². The Balaban J connectivity index is 2.09. The van der Waals surface area contributed by atoms with Crippen molar-refractivity contribution in [1.82, 2.24) is 5.32 Å². The molecule has 1 aromatic rings. The number of carbonyl (C=O) groups is 1. The number of nitrogens with one attached hydrogen (secondary N) is 2. The Hall–Kier alpha value is -1.75. The minimum absolute atomic E-state index is 0.0640. The molecule has 1 aliphatic carbocycles. The van der Waals surface area contributed by atoms with E-state index in [1.54, 1.807) is 26.4 Å². The second-order valence-electron chi connectivity index (χ2n) is 4.83. The molecule has 0 heterocycles. The van der Waals surface area contributed by atoms with Crippen molar-refractivity contribution in [3.05, 3.63) is 18.2 Å². The predicted octanol–water partition coefficient (Wildman–Crippen LogP) is 1.64. The molecule has 104 valence electrons. The summed E-state index contributed by atoms with van der Waals surface area (Å²) in [4.78, 5) is 12.2. The van der Waals surface area contributed by atoms with Gasteiger partial charge in [0, 0.05) is 18.3 Å². The normalized spacial score (nSPS) is 15.7. The first-order chi connectivity index (χ1) is 9.15. The molecule has 5 nitrogen and oxygen atoms in total. The van der Waals surface area contributed by atoms with E-state index in [1.165, 1.54) is 0 Å². The van der Waals surface area contributed by atoms with Crippen molar-refractivity contribution in [3.8, 4) is 11.5 Å². The third-order valence-electron chi connectivity index (χ3n) is 3.49. The maximum absolute atomic E-state index is 12.2. The standard InChI is InChI=1S/C14H20N2O3/c1-15-9-14(6-7-14)13(17)16-10-4-5-11(18-2)12(8-10)19-3/h4-5,8,15H,6-7,9H2,1-3H3,(H,16,17). The molecule has 19 heavy (non-hydrogen) atoms. The lowest BCUT2D eigenvalue weighted by atomic mass is 10.1. The third kappa shape index (κ3) is 2.81. The maximum atomic E-state index is 12.2. The molecule has 0 spiro atoms. The summed E-state index contributed by atoms with van der Waals surface area (Å²) in [7, 11) is 5.03. The van der Waals surface area contributed by atoms with Gasteiger partial charge in [0.25, 0.3) is 0 Å². The minimum atomic E-state index is -0.234. The highest BCUT2D eigenvalue weighted by atomic mass is 16.5. The number of benzene rings is 1. The average molecular weight is 264 g/mol. The van der Waals surface area contributed by atoms with Crippen molar-refractivity contribution in [2.24, 2.45) is 5.41 Å². The van der Waals surface area contributed by atoms with Crippen molar-refractivity contribution in [2.75, 3.05) is 33.1 Å². The Morgan fingerprint density at radius 1 is 1.26 bits per heavy atom. The predicted molar refractivity (Wildman–Crippen MR) is 73.8 cm³/mol. The quantitative estimate of drug-likeness (QED) is 0.820. The van der Waals surface area contributed by atoms with Crippen molar-refractivity contribution in [2.45, 2.75) is 12.8 Å². The van der Waals surface area contributed by atoms with E-state index < -0.39 is 0 Å². The third-order valence-corrected chi connectivity index (χ3v) is 3.49. The Bertz CT molecular complexity index is 470. The van der Waals surface area contributed by atoms with Crippen LogP contribution >= 0.6 is 0 Å². The molecule has 0 aliphatic heterocycles. The van der Waals surface area contributed by atoms with Crippen LogP contribution in [-0.2, 0) is 4.79 Å². The van der Waals surface area contributed by atoms with E-state index in [0.717, 1.165) is 18.5 Å². The fraction of sp³-hybridized carbons (Fsp3) is 0.500. The maximum Gasteiger partial charge on any atom is 0.231 e. The molecule has 2 N–H and O–H groups in total. The van der Waals surface area contributed by atoms with E-state index in [1.807, 2.05) is 13.1 Å². The van der Waals surface area contributed by atoms with E-state index in [4.69, 9.17) is 9.47 Å². The van der Waals surface area contributed by atoms with Crippen LogP contribution in [0.1, 0.15) is 12.8 Å². The molecule has 2 rings (SSSR count). The van der Waals surface area contributed by atoms with E-state index in [9.17, 15) is 4.79 Å². The van der Waals surface area contributed by atoms with Crippen LogP contribution in [0.25, 0.3) is 0 Å². The van der Waals surface area contributed by atoms with Gasteiger partial charge in [0.1, 0.15) is 0 Å². The van der Waals surface area contributed by atoms with Gasteiger partial charge >= 0.3 is 0 Å². The molecule has 0 atom stereocenters. The molecule has 0 saturated heterocycles.